The maximum atomic E-state index is 12.1. The van der Waals surface area contributed by atoms with Crippen molar-refractivity contribution in [3.05, 3.63) is 0 Å². The first kappa shape index (κ1) is 17.2. The van der Waals surface area contributed by atoms with E-state index in [2.05, 4.69) is 17.1 Å². The SMILES string of the molecule is C[C@@H]1CCCC[C@@H]1OCCNC(=O)CN1CC[C@]2(CCOC2)C1. The van der Waals surface area contributed by atoms with Gasteiger partial charge in [-0.1, -0.05) is 19.8 Å². The van der Waals surface area contributed by atoms with E-state index in [1.165, 1.54) is 32.1 Å². The van der Waals surface area contributed by atoms with Crippen LogP contribution in [-0.2, 0) is 14.3 Å². The van der Waals surface area contributed by atoms with E-state index in [1.54, 1.807) is 0 Å². The third-order valence-corrected chi connectivity index (χ3v) is 5.86. The second-order valence-corrected chi connectivity index (χ2v) is 7.78. The van der Waals surface area contributed by atoms with Gasteiger partial charge in [0, 0.05) is 25.1 Å². The molecule has 1 saturated carbocycles. The molecule has 0 bridgehead atoms. The van der Waals surface area contributed by atoms with Gasteiger partial charge in [-0.05, 0) is 38.1 Å². The lowest BCUT2D eigenvalue weighted by Crippen LogP contribution is -2.39. The lowest BCUT2D eigenvalue weighted by molar-refractivity contribution is -0.122. The van der Waals surface area contributed by atoms with Gasteiger partial charge in [0.15, 0.2) is 0 Å². The largest absolute Gasteiger partial charge is 0.381 e. The summed E-state index contributed by atoms with van der Waals surface area (Å²) in [7, 11) is 0. The molecule has 1 spiro atoms. The predicted octanol–water partition coefficient (Wildman–Crippen LogP) is 1.81. The molecule has 0 aromatic rings. The average molecular weight is 324 g/mol. The van der Waals surface area contributed by atoms with Crippen LogP contribution in [0.5, 0.6) is 0 Å². The van der Waals surface area contributed by atoms with Gasteiger partial charge in [0.2, 0.25) is 5.91 Å². The highest BCUT2D eigenvalue weighted by Gasteiger charge is 2.41. The smallest absolute Gasteiger partial charge is 0.234 e. The van der Waals surface area contributed by atoms with E-state index >= 15 is 0 Å². The highest BCUT2D eigenvalue weighted by molar-refractivity contribution is 5.78. The van der Waals surface area contributed by atoms with Gasteiger partial charge < -0.3 is 14.8 Å². The third kappa shape index (κ3) is 4.68. The molecular formula is C18H32N2O3. The van der Waals surface area contributed by atoms with Crippen LogP contribution in [-0.4, -0.2) is 62.9 Å². The van der Waals surface area contributed by atoms with Crippen molar-refractivity contribution in [1.82, 2.24) is 10.2 Å². The van der Waals surface area contributed by atoms with E-state index in [-0.39, 0.29) is 5.91 Å². The number of carbonyl (C=O) groups excluding carboxylic acids is 1. The fourth-order valence-electron chi connectivity index (χ4n) is 4.32. The lowest BCUT2D eigenvalue weighted by atomic mass is 9.87. The number of ether oxygens (including phenoxy) is 2. The molecule has 132 valence electrons. The highest BCUT2D eigenvalue weighted by Crippen LogP contribution is 2.37. The van der Waals surface area contributed by atoms with Crippen molar-refractivity contribution in [1.29, 1.82) is 0 Å². The number of hydrogen-bond donors (Lipinski definition) is 1. The van der Waals surface area contributed by atoms with Crippen molar-refractivity contribution < 1.29 is 14.3 Å². The quantitative estimate of drug-likeness (QED) is 0.757. The van der Waals surface area contributed by atoms with Crippen LogP contribution in [0.2, 0.25) is 0 Å². The van der Waals surface area contributed by atoms with Crippen molar-refractivity contribution in [3.63, 3.8) is 0 Å². The van der Waals surface area contributed by atoms with Crippen molar-refractivity contribution in [2.24, 2.45) is 11.3 Å². The Hall–Kier alpha value is -0.650. The number of nitrogens with one attached hydrogen (secondary N) is 1. The minimum Gasteiger partial charge on any atom is -0.381 e. The molecular weight excluding hydrogens is 292 g/mol. The average Bonchev–Trinajstić information content (AvgIpc) is 3.16. The molecule has 1 amide bonds. The maximum Gasteiger partial charge on any atom is 0.234 e. The Morgan fingerprint density at radius 1 is 1.35 bits per heavy atom. The van der Waals surface area contributed by atoms with Gasteiger partial charge in [-0.2, -0.15) is 0 Å². The minimum absolute atomic E-state index is 0.126. The van der Waals surface area contributed by atoms with Crippen LogP contribution in [0.3, 0.4) is 0 Å². The molecule has 3 atom stereocenters. The van der Waals surface area contributed by atoms with Crippen molar-refractivity contribution in [2.75, 3.05) is 46.0 Å². The maximum absolute atomic E-state index is 12.1. The first-order chi connectivity index (χ1) is 11.2. The monoisotopic (exact) mass is 324 g/mol. The molecule has 3 aliphatic rings. The second-order valence-electron chi connectivity index (χ2n) is 7.78. The summed E-state index contributed by atoms with van der Waals surface area (Å²) in [5.41, 5.74) is 0.334. The third-order valence-electron chi connectivity index (χ3n) is 5.86. The van der Waals surface area contributed by atoms with E-state index in [4.69, 9.17) is 9.47 Å². The van der Waals surface area contributed by atoms with Gasteiger partial charge in [0.1, 0.15) is 0 Å². The number of likely N-dealkylation sites (tertiary alicyclic amines) is 1. The van der Waals surface area contributed by atoms with E-state index in [0.29, 0.717) is 37.1 Å². The second kappa shape index (κ2) is 7.95. The van der Waals surface area contributed by atoms with Crippen LogP contribution in [0.1, 0.15) is 45.4 Å². The summed E-state index contributed by atoms with van der Waals surface area (Å²) in [6.45, 7) is 7.85. The minimum atomic E-state index is 0.126. The van der Waals surface area contributed by atoms with Gasteiger partial charge >= 0.3 is 0 Å². The zero-order chi connectivity index (χ0) is 16.1. The van der Waals surface area contributed by atoms with E-state index in [1.807, 2.05) is 0 Å². The Bertz CT molecular complexity index is 396. The van der Waals surface area contributed by atoms with Crippen LogP contribution in [0.4, 0.5) is 0 Å². The molecule has 0 aromatic carbocycles. The number of hydrogen-bond acceptors (Lipinski definition) is 4. The summed E-state index contributed by atoms with van der Waals surface area (Å²) in [4.78, 5) is 14.4. The fraction of sp³-hybridized carbons (Fsp3) is 0.944. The van der Waals surface area contributed by atoms with Crippen LogP contribution in [0.15, 0.2) is 0 Å². The van der Waals surface area contributed by atoms with Gasteiger partial charge in [0.05, 0.1) is 25.9 Å². The topological polar surface area (TPSA) is 50.8 Å². The van der Waals surface area contributed by atoms with Crippen molar-refractivity contribution in [3.8, 4) is 0 Å². The Morgan fingerprint density at radius 2 is 2.22 bits per heavy atom. The molecule has 0 aromatic heterocycles. The predicted molar refractivity (Wildman–Crippen MR) is 89.3 cm³/mol. The summed E-state index contributed by atoms with van der Waals surface area (Å²) in [5, 5.41) is 3.01. The molecule has 1 N–H and O–H groups in total. The number of amides is 1. The molecule has 23 heavy (non-hydrogen) atoms. The molecule has 3 fully saturated rings. The zero-order valence-electron chi connectivity index (χ0n) is 14.5. The Kier molecular flexibility index (Phi) is 5.94. The number of carbonyl (C=O) groups is 1. The lowest BCUT2D eigenvalue weighted by Gasteiger charge is -2.28. The van der Waals surface area contributed by atoms with E-state index in [9.17, 15) is 4.79 Å². The van der Waals surface area contributed by atoms with E-state index in [0.717, 1.165) is 32.7 Å². The normalized spacial score (nSPS) is 35.0. The molecule has 0 radical (unpaired) electrons. The highest BCUT2D eigenvalue weighted by atomic mass is 16.5. The number of nitrogens with zero attached hydrogens (tertiary/aromatic N) is 1. The summed E-state index contributed by atoms with van der Waals surface area (Å²) in [5.74, 6) is 0.787. The Balaban J connectivity index is 1.28. The molecule has 2 saturated heterocycles. The Morgan fingerprint density at radius 3 is 3.00 bits per heavy atom. The fourth-order valence-corrected chi connectivity index (χ4v) is 4.32. The van der Waals surface area contributed by atoms with Crippen molar-refractivity contribution in [2.45, 2.75) is 51.6 Å². The molecule has 1 aliphatic carbocycles. The Labute approximate surface area is 140 Å². The first-order valence-corrected chi connectivity index (χ1v) is 9.35. The molecule has 2 heterocycles. The molecule has 3 rings (SSSR count). The van der Waals surface area contributed by atoms with Crippen LogP contribution in [0, 0.1) is 11.3 Å². The molecule has 5 heteroatoms. The summed E-state index contributed by atoms with van der Waals surface area (Å²) < 4.78 is 11.5. The summed E-state index contributed by atoms with van der Waals surface area (Å²) >= 11 is 0. The molecule has 5 nitrogen and oxygen atoms in total. The number of rotatable bonds is 6. The molecule has 0 unspecified atom stereocenters. The zero-order valence-corrected chi connectivity index (χ0v) is 14.5. The van der Waals surface area contributed by atoms with Gasteiger partial charge in [0.25, 0.3) is 0 Å². The van der Waals surface area contributed by atoms with Gasteiger partial charge in [-0.3, -0.25) is 9.69 Å². The van der Waals surface area contributed by atoms with Gasteiger partial charge in [-0.25, -0.2) is 0 Å². The van der Waals surface area contributed by atoms with Crippen molar-refractivity contribution >= 4 is 5.91 Å². The van der Waals surface area contributed by atoms with E-state index < -0.39 is 0 Å². The standard InChI is InChI=1S/C18H32N2O3/c1-15-4-2-3-5-16(15)23-11-8-19-17(21)12-20-9-6-18(13-20)7-10-22-14-18/h15-16H,2-14H2,1H3,(H,19,21)/t15-,16+,18+/m1/s1. The van der Waals surface area contributed by atoms with Crippen LogP contribution in [0.25, 0.3) is 0 Å². The summed E-state index contributed by atoms with van der Waals surface area (Å²) in [6, 6.07) is 0. The summed E-state index contributed by atoms with van der Waals surface area (Å²) in [6.07, 6.45) is 7.77. The van der Waals surface area contributed by atoms with Crippen LogP contribution < -0.4 is 5.32 Å². The first-order valence-electron chi connectivity index (χ1n) is 9.35. The molecule has 2 aliphatic heterocycles. The van der Waals surface area contributed by atoms with Crippen LogP contribution >= 0.6 is 0 Å². The van der Waals surface area contributed by atoms with Gasteiger partial charge in [-0.15, -0.1) is 0 Å².